The van der Waals surface area contributed by atoms with Crippen LogP contribution < -0.4 is 41.3 Å². The molecule has 8 N–H and O–H groups in total. The number of ether oxygens (including phenoxy) is 4. The van der Waals surface area contributed by atoms with E-state index in [1.54, 1.807) is 68.4 Å². The molecule has 0 unspecified atom stereocenters. The van der Waals surface area contributed by atoms with Crippen molar-refractivity contribution in [3.05, 3.63) is 151 Å². The predicted molar refractivity (Wildman–Crippen MR) is 426 cm³/mol. The molecule has 2 aliphatic rings. The number of phenolic OH excluding ortho intramolecular Hbond substituents is 1. The lowest BCUT2D eigenvalue weighted by atomic mass is 9.80. The zero-order valence-corrected chi connectivity index (χ0v) is 45.4. The molecule has 0 radical (unpaired) electrons. The highest BCUT2D eigenvalue weighted by Gasteiger charge is 2.28. The molecular weight excluding hydrogens is 1070 g/mol. The van der Waals surface area contributed by atoms with E-state index in [9.17, 15) is 14.6 Å². The first-order valence-electron chi connectivity index (χ1n) is 86.7. The summed E-state index contributed by atoms with van der Waals surface area (Å²) in [5, 5.41) is 36.8. The van der Waals surface area contributed by atoms with Crippen LogP contribution in [0.25, 0.3) is 9.69 Å². The van der Waals surface area contributed by atoms with Gasteiger partial charge in [-0.05, 0) is 150 Å². The number of aromatic hydroxyl groups is 1. The monoisotopic (exact) mass is 1380 g/mol. The van der Waals surface area contributed by atoms with Gasteiger partial charge in [-0.25, -0.2) is 24.6 Å². The number of carbonyl (C=O) groups excluding carboxylic acids is 2. The van der Waals surface area contributed by atoms with Gasteiger partial charge in [0.2, 0.25) is 34.9 Å². The van der Waals surface area contributed by atoms with E-state index in [2.05, 4.69) is 29.6 Å². The Morgan fingerprint density at radius 3 is 1.54 bits per heavy atom. The number of benzene rings is 2. The largest absolute Gasteiger partial charge is 0.508 e. The summed E-state index contributed by atoms with van der Waals surface area (Å²) in [6.07, 6.45) is -0.345. The van der Waals surface area contributed by atoms with E-state index in [1.165, 1.54) is 30.3 Å². The normalized spacial score (nSPS) is 18.3. The van der Waals surface area contributed by atoms with E-state index >= 15 is 0 Å². The van der Waals surface area contributed by atoms with E-state index in [0.29, 0.717) is 47.3 Å². The van der Waals surface area contributed by atoms with Gasteiger partial charge in [0, 0.05) is 196 Å². The van der Waals surface area contributed by atoms with Crippen LogP contribution in [0.4, 0.5) is 11.4 Å². The fourth-order valence-corrected chi connectivity index (χ4v) is 6.51. The minimum atomic E-state index is -0.874. The molecule has 20 nitrogen and oxygen atoms in total. The SMILES string of the molecule is CC(C)O.CC(C)Oc1nc(Cl)ccc1C(N)=O.NC(=O)c1ccc(Cl)nc1Cl.OB1OCc2cc(O)ccc21.[2H][2H].[2H][2H].[2H][2H].[2H][2H].[2H][2H].[2H][2H].[2H][2H].[2H][2H].[2H][2H].[2H][2H].[2H][2H].[2H][2H].[2H][2H].[2H][2H].[2H][2H].[2H][2H].[2H][2H].[2H][2H].[2H][2H].[2H][2H].[2H][2H].[2H][2H].[2H][2H].[2H][2H].[2H][2H].[2H][2H].[2H][2H].[2H][2H].[2H][2H].[2H][2H].[2H][2H].[2H][2H].[2H][2H].[2H][2H].[2H][2H].[2H][2H].[2H][2H].[2H][2H].[2H][2H].[2H][2H].[2H][2H].[2H][2H].[2H][2H].[2H][2H].[2H][2H].[2H][2H].[2H][2H].[2H][2H].[2H][2H].[2H][2H].[2H][2H].[2H][2H].[2H][2H].[2H][2H].[2H][2H].[2H][2H].[2H][2H].[2H][2H].[2H][2H].[2H][2H].[2H][2H].[2H][2H].[2H][2H].[2H][2H].[C-]#[N+]c1ccc(Cl)nc1OC(C)C.[C-]#[N+]c1ccc(Oc2ccc3c(c2)COB3O)nc1OC(C)C. The Hall–Kier alpha value is -6.95. The molecule has 6 aromatic rings. The van der Waals surface area contributed by atoms with Crippen molar-refractivity contribution in [2.24, 2.45) is 11.5 Å². The second kappa shape index (κ2) is 31.2. The van der Waals surface area contributed by atoms with Crippen molar-refractivity contribution in [3.63, 3.8) is 0 Å². The van der Waals surface area contributed by atoms with Crippen LogP contribution in [0.5, 0.6) is 35.0 Å². The molecule has 2 amide bonds. The van der Waals surface area contributed by atoms with Crippen molar-refractivity contribution < 1.29 is 248 Å². The lowest BCUT2D eigenvalue weighted by Crippen LogP contribution is -2.27. The molecule has 2 aliphatic heterocycles. The molecule has 4 aromatic heterocycles. The highest BCUT2D eigenvalue weighted by atomic mass is 35.5. The topological polar surface area (TPSA) is 283 Å². The number of hydrogen-bond donors (Lipinski definition) is 6. The number of primary amides is 2. The van der Waals surface area contributed by atoms with E-state index < -0.39 is 26.1 Å². The van der Waals surface area contributed by atoms with Crippen molar-refractivity contribution in [3.8, 4) is 35.0 Å². The summed E-state index contributed by atoms with van der Waals surface area (Å²) in [5.41, 5.74) is 14.5. The zero-order valence-electron chi connectivity index (χ0n) is 170. The molecule has 528 valence electrons. The molecule has 76 heavy (non-hydrogen) atoms. The van der Waals surface area contributed by atoms with Gasteiger partial charge in [-0.15, -0.1) is 0 Å². The number of halogens is 4. The summed E-state index contributed by atoms with van der Waals surface area (Å²) in [7, 11) is -1.69. The Morgan fingerprint density at radius 2 is 1.05 bits per heavy atom. The number of carbonyl (C=O) groups is 2. The maximum atomic E-state index is 11.0. The third-order valence-corrected chi connectivity index (χ3v) is 9.78. The molecule has 2 aromatic carbocycles. The van der Waals surface area contributed by atoms with E-state index in [4.69, 9.17) is 305 Å². The molecule has 6 heterocycles. The Bertz CT molecular complexity index is 3200. The molecule has 0 spiro atoms. The molecule has 0 atom stereocenters. The van der Waals surface area contributed by atoms with Gasteiger partial charge in [-0.3, -0.25) is 9.59 Å². The quantitative estimate of drug-likeness (QED) is 0.0422. The van der Waals surface area contributed by atoms with E-state index in [0.717, 1.165) is 22.1 Å². The molecule has 0 bridgehead atoms. The molecule has 8 rings (SSSR count). The number of phenols is 1. The van der Waals surface area contributed by atoms with Crippen LogP contribution in [0, 0.1) is 13.1 Å². The van der Waals surface area contributed by atoms with Gasteiger partial charge in [0.25, 0.3) is 11.8 Å². The summed E-state index contributed by atoms with van der Waals surface area (Å²) in [6.45, 7) is 29.3. The fraction of sp³-hybridized carbons (Fsp3) is 0.280. The first-order chi connectivity index (χ1) is 99.8. The van der Waals surface area contributed by atoms with Crippen LogP contribution in [-0.4, -0.2) is 90.7 Å². The van der Waals surface area contributed by atoms with Gasteiger partial charge in [0.1, 0.15) is 37.7 Å². The predicted octanol–water partition coefficient (Wildman–Crippen LogP) is 24.4. The van der Waals surface area contributed by atoms with Crippen molar-refractivity contribution in [2.45, 2.75) is 93.0 Å². The lowest BCUT2D eigenvalue weighted by molar-refractivity contribution is 0.0987. The van der Waals surface area contributed by atoms with Crippen molar-refractivity contribution in [1.29, 1.82) is 0 Å². The van der Waals surface area contributed by atoms with Gasteiger partial charge < -0.3 is 60.0 Å². The van der Waals surface area contributed by atoms with Crippen molar-refractivity contribution >= 4 is 94.8 Å². The highest BCUT2D eigenvalue weighted by Crippen LogP contribution is 2.32. The average molecular weight is 1380 g/mol. The average Bonchev–Trinajstić information content (AvgIpc) is 1.67. The molecule has 26 heteroatoms. The zero-order chi connectivity index (χ0) is 185. The smallest absolute Gasteiger partial charge is 0.491 e. The second-order valence-corrected chi connectivity index (χ2v) is 18.1. The molecule has 0 aliphatic carbocycles. The van der Waals surface area contributed by atoms with Gasteiger partial charge >= 0.3 is 14.2 Å². The van der Waals surface area contributed by atoms with Gasteiger partial charge in [-0.1, -0.05) is 58.5 Å². The summed E-state index contributed by atoms with van der Waals surface area (Å²) in [5.74, 6) is 0.683. The number of pyridine rings is 4. The number of nitrogens with two attached hydrogens (primary N) is 2. The van der Waals surface area contributed by atoms with Crippen LogP contribution in [0.3, 0.4) is 0 Å². The standard InChI is InChI=1S/C16H15BN2O4.C9H11ClN2O2.C9H9ClN2O.C7H7BO3.C6H4Cl2N2O.C3H8O.64H2/c1-10(2)22-16-14(18-3)6-7-15(19-16)23-12-4-5-13-11(8-12)9-21-17(13)20;1-5(2)14-9-6(8(11)13)3-4-7(10)12-9;1-6(2)13-9-7(11-3)4-5-8(10)12-9;9-6-1-2-7-5(3-6)4-11-8(7)10;7-4-2-1-3(6(9)11)5(8)10-4;1-3(2)4;;;;;;;;;;;;;;;;;;;;;;;;;;;;;;;;;;;;;;;;;;;;;;;;;;;;;;;;;;;;;;;;/h4-8,10,20H,9H2,1-2H3;3-5H,1-2H3,(H2,11,13);4-6H,1-2H3;1-3,9-10H,4H2;1-2H,(H2,9,11);3-4H,1-2H3;64*1H/i;;;;;;64*1+1D. The van der Waals surface area contributed by atoms with Crippen molar-refractivity contribution in [1.82, 2.24) is 19.9 Å². The summed E-state index contributed by atoms with van der Waals surface area (Å²) < 4.78 is 672. The summed E-state index contributed by atoms with van der Waals surface area (Å²) in [4.78, 5) is 43.9. The highest BCUT2D eigenvalue weighted by molar-refractivity contribution is 6.62. The van der Waals surface area contributed by atoms with Crippen LogP contribution in [0.15, 0.2) is 84.9 Å². The third-order valence-electron chi connectivity index (χ3n) is 8.86. The molecular formula is C50H182B2Cl4N8O12. The van der Waals surface area contributed by atoms with Gasteiger partial charge in [-0.2, -0.15) is 4.98 Å². The van der Waals surface area contributed by atoms with Crippen LogP contribution in [0.1, 0.15) is 277 Å². The Balaban J connectivity index is -0.0000000173. The number of aromatic nitrogens is 4. The Morgan fingerprint density at radius 1 is 0.632 bits per heavy atom. The molecule has 0 saturated carbocycles. The van der Waals surface area contributed by atoms with Gasteiger partial charge in [0.05, 0.1) is 50.2 Å². The maximum absolute atomic E-state index is 11.0. The van der Waals surface area contributed by atoms with Crippen molar-refractivity contribution in [2.75, 3.05) is 0 Å². The number of fused-ring (bicyclic) bond motifs is 2. The molecule has 0 fully saturated rings. The molecule has 0 saturated heterocycles. The van der Waals surface area contributed by atoms with Gasteiger partial charge in [0.15, 0.2) is 0 Å². The van der Waals surface area contributed by atoms with E-state index in [1.807, 2.05) is 41.5 Å². The maximum Gasteiger partial charge on any atom is 0.491 e. The second-order valence-electron chi connectivity index (χ2n) is 16.6. The summed E-state index contributed by atoms with van der Waals surface area (Å²) in [6, 6.07) is 22.4. The van der Waals surface area contributed by atoms with E-state index in [-0.39, 0.29) is 68.5 Å². The Labute approximate surface area is 658 Å². The Kier molecular flexibility index (Phi) is 7.19. The van der Waals surface area contributed by atoms with Crippen LogP contribution in [0.2, 0.25) is 20.6 Å². The number of aliphatic hydroxyl groups excluding tert-OH is 1. The fourth-order valence-electron chi connectivity index (χ4n) is 5.80. The number of aliphatic hydroxyl groups is 1. The number of rotatable bonds is 10. The lowest BCUT2D eigenvalue weighted by Gasteiger charge is -2.12. The minimum absolute atomic E-state index is 0.00790. The number of amides is 2. The third kappa shape index (κ3) is 21.4. The number of hydrogen-bond acceptors (Lipinski definition) is 16. The first kappa shape index (κ1) is 17.5. The number of nitrogens with zero attached hydrogens (tertiary/aromatic N) is 6. The van der Waals surface area contributed by atoms with Crippen LogP contribution >= 0.6 is 46.4 Å². The summed E-state index contributed by atoms with van der Waals surface area (Å²) >= 11 is 22.3. The first-order valence-corrected chi connectivity index (χ1v) is 24.2. The minimum Gasteiger partial charge on any atom is -0.508 e. The van der Waals surface area contributed by atoms with Crippen LogP contribution in [-0.2, 0) is 22.5 Å².